The third kappa shape index (κ3) is 2.54. The Morgan fingerprint density at radius 2 is 2.33 bits per heavy atom. The Balaban J connectivity index is 2.33. The first kappa shape index (κ1) is 12.2. The zero-order chi connectivity index (χ0) is 13.3. The summed E-state index contributed by atoms with van der Waals surface area (Å²) in [5, 5.41) is 17.7. The Bertz CT molecular complexity index is 587. The second-order valence-electron chi connectivity index (χ2n) is 4.65. The molecular formula is C10H13N5O3. The maximum Gasteiger partial charge on any atom is 0.288 e. The molecule has 0 unspecified atom stereocenters. The lowest BCUT2D eigenvalue weighted by atomic mass is 10.1. The van der Waals surface area contributed by atoms with Crippen molar-refractivity contribution in [2.24, 2.45) is 5.73 Å². The van der Waals surface area contributed by atoms with Crippen LogP contribution in [0.3, 0.4) is 0 Å². The normalized spacial score (nSPS) is 11.7. The summed E-state index contributed by atoms with van der Waals surface area (Å²) in [5.41, 5.74) is 5.60. The first-order chi connectivity index (χ1) is 8.37. The van der Waals surface area contributed by atoms with E-state index in [1.807, 2.05) is 13.8 Å². The van der Waals surface area contributed by atoms with Crippen molar-refractivity contribution in [3.8, 4) is 5.88 Å². The minimum Gasteiger partial charge on any atom is -0.474 e. The number of fused-ring (bicyclic) bond motifs is 1. The minimum atomic E-state index is -0.518. The second kappa shape index (κ2) is 4.22. The van der Waals surface area contributed by atoms with Crippen LogP contribution in [0.15, 0.2) is 12.3 Å². The van der Waals surface area contributed by atoms with E-state index in [4.69, 9.17) is 10.5 Å². The highest BCUT2D eigenvalue weighted by Crippen LogP contribution is 2.25. The van der Waals surface area contributed by atoms with Crippen LogP contribution in [0.2, 0.25) is 0 Å². The van der Waals surface area contributed by atoms with Crippen LogP contribution in [0.5, 0.6) is 5.88 Å². The van der Waals surface area contributed by atoms with Gasteiger partial charge in [0.2, 0.25) is 5.88 Å². The predicted molar refractivity (Wildman–Crippen MR) is 64.3 cm³/mol. The van der Waals surface area contributed by atoms with Gasteiger partial charge in [-0.3, -0.25) is 15.2 Å². The quantitative estimate of drug-likeness (QED) is 0.617. The van der Waals surface area contributed by atoms with Crippen LogP contribution in [0.25, 0.3) is 11.0 Å². The lowest BCUT2D eigenvalue weighted by Crippen LogP contribution is -2.38. The highest BCUT2D eigenvalue weighted by molar-refractivity contribution is 5.82. The summed E-state index contributed by atoms with van der Waals surface area (Å²) in [6.07, 6.45) is 1.16. The summed E-state index contributed by atoms with van der Waals surface area (Å²) >= 11 is 0. The molecule has 0 aliphatic carbocycles. The van der Waals surface area contributed by atoms with Gasteiger partial charge in [-0.1, -0.05) is 0 Å². The Morgan fingerprint density at radius 1 is 1.61 bits per heavy atom. The number of hydrogen-bond donors (Lipinski definition) is 2. The van der Waals surface area contributed by atoms with Gasteiger partial charge in [-0.2, -0.15) is 0 Å². The molecule has 0 amide bonds. The van der Waals surface area contributed by atoms with Gasteiger partial charge in [0.05, 0.1) is 10.3 Å². The van der Waals surface area contributed by atoms with Gasteiger partial charge in [0.15, 0.2) is 5.65 Å². The number of aromatic amines is 1. The molecule has 96 valence electrons. The van der Waals surface area contributed by atoms with Crippen LogP contribution in [0.1, 0.15) is 13.8 Å². The molecule has 3 N–H and O–H groups in total. The molecular weight excluding hydrogens is 238 g/mol. The largest absolute Gasteiger partial charge is 0.474 e. The van der Waals surface area contributed by atoms with Crippen molar-refractivity contribution < 1.29 is 9.66 Å². The summed E-state index contributed by atoms with van der Waals surface area (Å²) in [6, 6.07) is 1.37. The van der Waals surface area contributed by atoms with Crippen LogP contribution in [-0.4, -0.2) is 32.3 Å². The molecule has 0 spiro atoms. The van der Waals surface area contributed by atoms with Crippen LogP contribution in [0.4, 0.5) is 5.69 Å². The molecule has 0 radical (unpaired) electrons. The molecule has 0 fully saturated rings. The fourth-order valence-electron chi connectivity index (χ4n) is 1.33. The first-order valence-electron chi connectivity index (χ1n) is 5.27. The number of H-pyrrole nitrogens is 1. The Kier molecular flexibility index (Phi) is 2.87. The van der Waals surface area contributed by atoms with Crippen molar-refractivity contribution in [1.29, 1.82) is 0 Å². The zero-order valence-electron chi connectivity index (χ0n) is 10.0. The van der Waals surface area contributed by atoms with E-state index in [1.165, 1.54) is 6.07 Å². The van der Waals surface area contributed by atoms with E-state index < -0.39 is 10.5 Å². The summed E-state index contributed by atoms with van der Waals surface area (Å²) in [7, 11) is 0. The number of pyridine rings is 1. The highest BCUT2D eigenvalue weighted by atomic mass is 16.6. The molecule has 2 aromatic heterocycles. The number of hydrogen-bond acceptors (Lipinski definition) is 6. The Morgan fingerprint density at radius 3 is 2.94 bits per heavy atom. The lowest BCUT2D eigenvalue weighted by molar-refractivity contribution is -0.385. The van der Waals surface area contributed by atoms with Gasteiger partial charge in [-0.15, -0.1) is 5.10 Å². The van der Waals surface area contributed by atoms with Crippen molar-refractivity contribution in [3.63, 3.8) is 0 Å². The van der Waals surface area contributed by atoms with Gasteiger partial charge in [-0.05, 0) is 13.8 Å². The van der Waals surface area contributed by atoms with E-state index in [9.17, 15) is 10.1 Å². The van der Waals surface area contributed by atoms with E-state index >= 15 is 0 Å². The van der Waals surface area contributed by atoms with Crippen LogP contribution in [0, 0.1) is 10.1 Å². The van der Waals surface area contributed by atoms with E-state index in [1.54, 1.807) is 0 Å². The fraction of sp³-hybridized carbons (Fsp3) is 0.400. The summed E-state index contributed by atoms with van der Waals surface area (Å²) in [5.74, 6) is 0.264. The number of nitrogens with one attached hydrogen (secondary N) is 1. The number of nitro groups is 1. The molecule has 8 heteroatoms. The molecule has 8 nitrogen and oxygen atoms in total. The lowest BCUT2D eigenvalue weighted by Gasteiger charge is -2.17. The van der Waals surface area contributed by atoms with Crippen molar-refractivity contribution in [2.45, 2.75) is 19.4 Å². The summed E-state index contributed by atoms with van der Waals surface area (Å²) in [6.45, 7) is 3.86. The van der Waals surface area contributed by atoms with Crippen molar-refractivity contribution in [1.82, 2.24) is 15.2 Å². The second-order valence-corrected chi connectivity index (χ2v) is 4.65. The van der Waals surface area contributed by atoms with Crippen LogP contribution in [-0.2, 0) is 0 Å². The molecule has 2 heterocycles. The first-order valence-corrected chi connectivity index (χ1v) is 5.27. The third-order valence-electron chi connectivity index (χ3n) is 2.16. The predicted octanol–water partition coefficient (Wildman–Crippen LogP) is 0.982. The molecule has 2 rings (SSSR count). The minimum absolute atomic E-state index is 0.110. The number of nitrogens with two attached hydrogens (primary N) is 1. The molecule has 18 heavy (non-hydrogen) atoms. The van der Waals surface area contributed by atoms with Gasteiger partial charge in [0, 0.05) is 11.6 Å². The van der Waals surface area contributed by atoms with Gasteiger partial charge in [-0.25, -0.2) is 4.98 Å². The molecule has 0 atom stereocenters. The SMILES string of the molecule is CC(C)(N)COc1n[nH]c2ncc([N+](=O)[O-])cc12. The summed E-state index contributed by atoms with van der Waals surface area (Å²) in [4.78, 5) is 14.0. The summed E-state index contributed by atoms with van der Waals surface area (Å²) < 4.78 is 5.43. The molecule has 0 bridgehead atoms. The van der Waals surface area contributed by atoms with E-state index in [0.717, 1.165) is 6.20 Å². The molecule has 0 aliphatic rings. The van der Waals surface area contributed by atoms with E-state index in [2.05, 4.69) is 15.2 Å². The maximum atomic E-state index is 10.7. The average molecular weight is 251 g/mol. The number of ether oxygens (including phenoxy) is 1. The number of aromatic nitrogens is 3. The number of nitrogens with zero attached hydrogens (tertiary/aromatic N) is 3. The third-order valence-corrected chi connectivity index (χ3v) is 2.16. The van der Waals surface area contributed by atoms with Crippen LogP contribution >= 0.6 is 0 Å². The fourth-order valence-corrected chi connectivity index (χ4v) is 1.33. The molecule has 0 saturated carbocycles. The van der Waals surface area contributed by atoms with Crippen molar-refractivity contribution in [3.05, 3.63) is 22.4 Å². The Labute approximate surface area is 102 Å². The average Bonchev–Trinajstić information content (AvgIpc) is 2.67. The highest BCUT2D eigenvalue weighted by Gasteiger charge is 2.17. The van der Waals surface area contributed by atoms with Gasteiger partial charge < -0.3 is 10.5 Å². The zero-order valence-corrected chi connectivity index (χ0v) is 10.0. The van der Waals surface area contributed by atoms with Crippen molar-refractivity contribution >= 4 is 16.7 Å². The monoisotopic (exact) mass is 251 g/mol. The molecule has 0 saturated heterocycles. The smallest absolute Gasteiger partial charge is 0.288 e. The number of rotatable bonds is 4. The molecule has 0 aliphatic heterocycles. The van der Waals surface area contributed by atoms with Crippen molar-refractivity contribution in [2.75, 3.05) is 6.61 Å². The topological polar surface area (TPSA) is 120 Å². The van der Waals surface area contributed by atoms with Gasteiger partial charge >= 0.3 is 0 Å². The van der Waals surface area contributed by atoms with E-state index in [-0.39, 0.29) is 18.2 Å². The van der Waals surface area contributed by atoms with Crippen LogP contribution < -0.4 is 10.5 Å². The van der Waals surface area contributed by atoms with E-state index in [0.29, 0.717) is 11.0 Å². The standard InChI is InChI=1S/C10H13N5O3/c1-10(2,11)5-18-9-7-3-6(15(16)17)4-12-8(7)13-14-9/h3-4H,5,11H2,1-2H3,(H,12,13,14). The Hall–Kier alpha value is -2.22. The van der Waals surface area contributed by atoms with Gasteiger partial charge in [0.25, 0.3) is 5.69 Å². The molecule has 2 aromatic rings. The maximum absolute atomic E-state index is 10.7. The van der Waals surface area contributed by atoms with Gasteiger partial charge in [0.1, 0.15) is 12.8 Å². The molecule has 0 aromatic carbocycles.